The van der Waals surface area contributed by atoms with E-state index >= 15 is 0 Å². The van der Waals surface area contributed by atoms with Gasteiger partial charge in [-0.3, -0.25) is 9.59 Å². The first-order valence-electron chi connectivity index (χ1n) is 6.09. The number of anilines is 2. The van der Waals surface area contributed by atoms with Gasteiger partial charge in [-0.05, 0) is 29.8 Å². The predicted molar refractivity (Wildman–Crippen MR) is 79.8 cm³/mol. The van der Waals surface area contributed by atoms with Gasteiger partial charge in [-0.1, -0.05) is 12.1 Å². The number of hydrogen-bond acceptors (Lipinski definition) is 5. The van der Waals surface area contributed by atoms with Crippen molar-refractivity contribution in [1.82, 2.24) is 14.9 Å². The van der Waals surface area contributed by atoms with Crippen molar-refractivity contribution in [3.05, 3.63) is 47.4 Å². The molecule has 0 saturated carbocycles. The van der Waals surface area contributed by atoms with Crippen molar-refractivity contribution in [3.63, 3.8) is 0 Å². The molecule has 2 rings (SSSR count). The Kier molecular flexibility index (Phi) is 4.49. The van der Waals surface area contributed by atoms with E-state index in [0.717, 1.165) is 0 Å². The van der Waals surface area contributed by atoms with E-state index in [9.17, 15) is 9.59 Å². The second-order valence-corrected chi connectivity index (χ2v) is 4.75. The Bertz CT molecular complexity index is 688. The maximum Gasteiger partial charge on any atom is 0.294 e. The molecule has 6 nitrogen and oxygen atoms in total. The third-order valence-corrected chi connectivity index (χ3v) is 2.84. The zero-order valence-electron chi connectivity index (χ0n) is 11.5. The van der Waals surface area contributed by atoms with Crippen LogP contribution in [0.25, 0.3) is 0 Å². The molecule has 0 unspecified atom stereocenters. The van der Waals surface area contributed by atoms with Crippen LogP contribution in [0.5, 0.6) is 0 Å². The summed E-state index contributed by atoms with van der Waals surface area (Å²) in [7, 11) is 3.06. The Morgan fingerprint density at radius 1 is 1.19 bits per heavy atom. The molecule has 1 amide bonds. The summed E-state index contributed by atoms with van der Waals surface area (Å²) in [5.41, 5.74) is 0.749. The molecular formula is C14H13ClN4O2. The number of nitrogens with one attached hydrogen (secondary N) is 1. The highest BCUT2D eigenvalue weighted by Gasteiger charge is 2.21. The molecule has 1 N–H and O–H groups in total. The maximum absolute atomic E-state index is 12.2. The van der Waals surface area contributed by atoms with Crippen LogP contribution in [-0.4, -0.2) is 40.7 Å². The molecule has 0 saturated heterocycles. The smallest absolute Gasteiger partial charge is 0.294 e. The number of nitrogens with zero attached hydrogens (tertiary/aromatic N) is 3. The number of ketones is 1. The van der Waals surface area contributed by atoms with E-state index in [1.54, 1.807) is 30.3 Å². The van der Waals surface area contributed by atoms with E-state index in [1.807, 2.05) is 0 Å². The molecule has 21 heavy (non-hydrogen) atoms. The Morgan fingerprint density at radius 2 is 1.90 bits per heavy atom. The van der Waals surface area contributed by atoms with Gasteiger partial charge in [0.25, 0.3) is 11.7 Å². The fourth-order valence-electron chi connectivity index (χ4n) is 1.65. The summed E-state index contributed by atoms with van der Waals surface area (Å²) in [6.45, 7) is 0. The van der Waals surface area contributed by atoms with Gasteiger partial charge < -0.3 is 10.2 Å². The van der Waals surface area contributed by atoms with Crippen LogP contribution >= 0.6 is 11.6 Å². The number of carbonyl (C=O) groups is 2. The quantitative estimate of drug-likeness (QED) is 0.532. The Balaban J connectivity index is 2.33. The highest BCUT2D eigenvalue weighted by Crippen LogP contribution is 2.21. The number of amides is 1. The van der Waals surface area contributed by atoms with Gasteiger partial charge in [0.15, 0.2) is 0 Å². The molecule has 0 radical (unpaired) electrons. The second kappa shape index (κ2) is 6.32. The molecule has 0 fully saturated rings. The largest absolute Gasteiger partial charge is 0.342 e. The number of carbonyl (C=O) groups excluding carboxylic acids is 2. The molecule has 108 valence electrons. The fraction of sp³-hybridized carbons (Fsp3) is 0.143. The highest BCUT2D eigenvalue weighted by molar-refractivity contribution is 6.43. The Labute approximate surface area is 126 Å². The first kappa shape index (κ1) is 14.9. The van der Waals surface area contributed by atoms with Crippen molar-refractivity contribution >= 4 is 34.8 Å². The van der Waals surface area contributed by atoms with Gasteiger partial charge in [0, 0.05) is 20.3 Å². The minimum atomic E-state index is -0.594. The number of halogens is 1. The lowest BCUT2D eigenvalue weighted by atomic mass is 10.1. The second-order valence-electron chi connectivity index (χ2n) is 4.41. The third kappa shape index (κ3) is 3.55. The summed E-state index contributed by atoms with van der Waals surface area (Å²) >= 11 is 5.72. The van der Waals surface area contributed by atoms with Crippen LogP contribution in [0.15, 0.2) is 36.5 Å². The molecule has 1 aromatic heterocycles. The van der Waals surface area contributed by atoms with Gasteiger partial charge in [-0.2, -0.15) is 0 Å². The number of hydrogen-bond donors (Lipinski definition) is 1. The van der Waals surface area contributed by atoms with Crippen molar-refractivity contribution < 1.29 is 9.59 Å². The number of likely N-dealkylation sites (N-methyl/N-ethyl adjacent to an activating group) is 1. The van der Waals surface area contributed by atoms with Crippen molar-refractivity contribution in [2.45, 2.75) is 0 Å². The summed E-state index contributed by atoms with van der Waals surface area (Å²) in [4.78, 5) is 33.0. The molecule has 0 aliphatic rings. The summed E-state index contributed by atoms with van der Waals surface area (Å²) in [6, 6.07) is 8.32. The lowest BCUT2D eigenvalue weighted by molar-refractivity contribution is -0.124. The van der Waals surface area contributed by atoms with Crippen LogP contribution < -0.4 is 5.32 Å². The Hall–Kier alpha value is -2.47. The zero-order valence-corrected chi connectivity index (χ0v) is 12.3. The first-order chi connectivity index (χ1) is 9.99. The molecule has 0 atom stereocenters. The van der Waals surface area contributed by atoms with Crippen molar-refractivity contribution in [3.8, 4) is 0 Å². The molecular weight excluding hydrogens is 292 g/mol. The third-order valence-electron chi connectivity index (χ3n) is 2.66. The minimum absolute atomic E-state index is 0.0909. The van der Waals surface area contributed by atoms with Crippen LogP contribution in [0, 0.1) is 0 Å². The predicted octanol–water partition coefficient (Wildman–Crippen LogP) is 2.14. The van der Waals surface area contributed by atoms with E-state index in [1.165, 1.54) is 25.2 Å². The van der Waals surface area contributed by atoms with Gasteiger partial charge in [0.1, 0.15) is 5.82 Å². The number of aromatic nitrogens is 2. The van der Waals surface area contributed by atoms with E-state index in [-0.39, 0.29) is 10.8 Å². The van der Waals surface area contributed by atoms with Gasteiger partial charge >= 0.3 is 0 Å². The number of rotatable bonds is 4. The molecule has 1 aromatic carbocycles. The van der Waals surface area contributed by atoms with Crippen molar-refractivity contribution in [2.24, 2.45) is 0 Å². The molecule has 0 bridgehead atoms. The van der Waals surface area contributed by atoms with Gasteiger partial charge in [0.2, 0.25) is 5.28 Å². The first-order valence-corrected chi connectivity index (χ1v) is 6.47. The maximum atomic E-state index is 12.2. The van der Waals surface area contributed by atoms with E-state index in [4.69, 9.17) is 11.6 Å². The van der Waals surface area contributed by atoms with Crippen LogP contribution in [-0.2, 0) is 4.79 Å². The monoisotopic (exact) mass is 304 g/mol. The molecule has 0 aliphatic heterocycles. The highest BCUT2D eigenvalue weighted by atomic mass is 35.5. The normalized spacial score (nSPS) is 10.0. The van der Waals surface area contributed by atoms with Crippen LogP contribution in [0.2, 0.25) is 5.28 Å². The number of benzene rings is 1. The van der Waals surface area contributed by atoms with Gasteiger partial charge in [-0.15, -0.1) is 0 Å². The average Bonchev–Trinajstić information content (AvgIpc) is 2.46. The number of para-hydroxylation sites is 1. The van der Waals surface area contributed by atoms with E-state index in [0.29, 0.717) is 11.5 Å². The van der Waals surface area contributed by atoms with E-state index < -0.39 is 11.7 Å². The average molecular weight is 305 g/mol. The summed E-state index contributed by atoms with van der Waals surface area (Å²) < 4.78 is 0. The van der Waals surface area contributed by atoms with Gasteiger partial charge in [-0.25, -0.2) is 9.97 Å². The zero-order chi connectivity index (χ0) is 15.4. The van der Waals surface area contributed by atoms with Crippen LogP contribution in [0.3, 0.4) is 0 Å². The topological polar surface area (TPSA) is 75.2 Å². The molecule has 7 heteroatoms. The van der Waals surface area contributed by atoms with Crippen molar-refractivity contribution in [1.29, 1.82) is 0 Å². The fourth-order valence-corrected chi connectivity index (χ4v) is 1.80. The Morgan fingerprint density at radius 3 is 2.57 bits per heavy atom. The summed E-state index contributed by atoms with van der Waals surface area (Å²) in [5, 5.41) is 3.05. The van der Waals surface area contributed by atoms with Crippen LogP contribution in [0.4, 0.5) is 11.5 Å². The van der Waals surface area contributed by atoms with Gasteiger partial charge in [0.05, 0.1) is 11.3 Å². The summed E-state index contributed by atoms with van der Waals surface area (Å²) in [5.74, 6) is -0.749. The molecule has 2 aromatic rings. The number of Topliss-reactive ketones (excluding diaryl/α,β-unsaturated/α-hetero) is 1. The van der Waals surface area contributed by atoms with Crippen LogP contribution in [0.1, 0.15) is 10.4 Å². The molecule has 1 heterocycles. The lowest BCUT2D eigenvalue weighted by Gasteiger charge is -2.13. The SMILES string of the molecule is CN(C)C(=O)C(=O)c1ccccc1Nc1ccnc(Cl)n1. The standard InChI is InChI=1S/C14H13ClN4O2/c1-19(2)13(21)12(20)9-5-3-4-6-10(9)17-11-7-8-16-14(15)18-11/h3-8H,1-2H3,(H,16,17,18). The lowest BCUT2D eigenvalue weighted by Crippen LogP contribution is -2.30. The summed E-state index contributed by atoms with van der Waals surface area (Å²) in [6.07, 6.45) is 1.49. The van der Waals surface area contributed by atoms with Crippen molar-refractivity contribution in [2.75, 3.05) is 19.4 Å². The minimum Gasteiger partial charge on any atom is -0.342 e. The molecule has 0 spiro atoms. The van der Waals surface area contributed by atoms with E-state index in [2.05, 4.69) is 15.3 Å². The molecule has 0 aliphatic carbocycles.